The summed E-state index contributed by atoms with van der Waals surface area (Å²) in [5.74, 6) is 0.0866. The van der Waals surface area contributed by atoms with Crippen LogP contribution in [0.1, 0.15) is 17.5 Å². The largest absolute Gasteiger partial charge is 0.334 e. The number of ketones is 1. The highest BCUT2D eigenvalue weighted by Gasteiger charge is 2.28. The maximum absolute atomic E-state index is 13.1. The fourth-order valence-corrected chi connectivity index (χ4v) is 3.19. The zero-order chi connectivity index (χ0) is 19.9. The molecule has 0 saturated carbocycles. The van der Waals surface area contributed by atoms with Crippen LogP contribution < -0.4 is 0 Å². The third-order valence-corrected chi connectivity index (χ3v) is 4.71. The van der Waals surface area contributed by atoms with Gasteiger partial charge >= 0.3 is 0 Å². The first-order valence-electron chi connectivity index (χ1n) is 9.51. The zero-order valence-corrected chi connectivity index (χ0v) is 16.5. The molecule has 0 spiro atoms. The fraction of sp³-hybridized carbons (Fsp3) is 0.250. The highest BCUT2D eigenvalue weighted by Crippen LogP contribution is 2.22. The van der Waals surface area contributed by atoms with E-state index in [1.54, 1.807) is 4.90 Å². The quantitative estimate of drug-likeness (QED) is 0.752. The number of carbonyl (C=O) groups excluding carboxylic acids is 2. The molecule has 2 aromatic carbocycles. The number of amides is 1. The summed E-state index contributed by atoms with van der Waals surface area (Å²) in [5, 5.41) is 0. The molecule has 0 aromatic heterocycles. The Labute approximate surface area is 166 Å². The van der Waals surface area contributed by atoms with Gasteiger partial charge in [-0.2, -0.15) is 0 Å². The Bertz CT molecular complexity index is 822. The second-order valence-electron chi connectivity index (χ2n) is 7.29. The van der Waals surface area contributed by atoms with Crippen molar-refractivity contribution in [2.24, 2.45) is 0 Å². The molecule has 1 heterocycles. The number of hydrogen-bond donors (Lipinski definition) is 0. The van der Waals surface area contributed by atoms with Crippen molar-refractivity contribution in [1.82, 2.24) is 9.80 Å². The van der Waals surface area contributed by atoms with Crippen molar-refractivity contribution >= 4 is 23.8 Å². The summed E-state index contributed by atoms with van der Waals surface area (Å²) in [6.07, 6.45) is 4.23. The van der Waals surface area contributed by atoms with Crippen LogP contribution in [-0.2, 0) is 9.59 Å². The van der Waals surface area contributed by atoms with Crippen molar-refractivity contribution < 1.29 is 9.59 Å². The summed E-state index contributed by atoms with van der Waals surface area (Å²) < 4.78 is 0. The molecule has 1 aliphatic heterocycles. The third kappa shape index (κ3) is 5.27. The number of nitrogens with zero attached hydrogens (tertiary/aromatic N) is 2. The number of piperidine rings is 1. The summed E-state index contributed by atoms with van der Waals surface area (Å²) >= 11 is 0. The highest BCUT2D eigenvalue weighted by atomic mass is 16.2. The molecule has 4 heteroatoms. The van der Waals surface area contributed by atoms with Crippen molar-refractivity contribution in [3.63, 3.8) is 0 Å². The average molecular weight is 374 g/mol. The molecule has 144 valence electrons. The van der Waals surface area contributed by atoms with E-state index in [1.165, 1.54) is 0 Å². The van der Waals surface area contributed by atoms with Gasteiger partial charge in [0.25, 0.3) is 0 Å². The molecule has 0 radical (unpaired) electrons. The standard InChI is InChI=1S/C24H26N2O2/c1-25(2)14-13-23(27)26-17-21(15-19-9-5-3-6-10-19)24(28)22(18-26)16-20-11-7-4-8-12-20/h3-12,15-16H,13-14,17-18H2,1-2H3. The van der Waals surface area contributed by atoms with Crippen molar-refractivity contribution in [3.8, 4) is 0 Å². The minimum atomic E-state index is 0.0179. The van der Waals surface area contributed by atoms with Crippen LogP contribution in [-0.4, -0.2) is 55.2 Å². The smallest absolute Gasteiger partial charge is 0.224 e. The first-order chi connectivity index (χ1) is 13.5. The summed E-state index contributed by atoms with van der Waals surface area (Å²) in [4.78, 5) is 29.6. The molecule has 2 aromatic rings. The maximum atomic E-state index is 13.1. The zero-order valence-electron chi connectivity index (χ0n) is 16.5. The van der Waals surface area contributed by atoms with Crippen molar-refractivity contribution in [3.05, 3.63) is 82.9 Å². The molecule has 1 saturated heterocycles. The fourth-order valence-electron chi connectivity index (χ4n) is 3.19. The Hall–Kier alpha value is -2.98. The summed E-state index contributed by atoms with van der Waals surface area (Å²) in [5.41, 5.74) is 3.23. The van der Waals surface area contributed by atoms with Crippen LogP contribution in [0.2, 0.25) is 0 Å². The minimum Gasteiger partial charge on any atom is -0.334 e. The van der Waals surface area contributed by atoms with Crippen LogP contribution in [0.4, 0.5) is 0 Å². The van der Waals surface area contributed by atoms with E-state index < -0.39 is 0 Å². The van der Waals surface area contributed by atoms with Gasteiger partial charge in [0.2, 0.25) is 5.91 Å². The molecule has 0 N–H and O–H groups in total. The molecule has 1 amide bonds. The predicted molar refractivity (Wildman–Crippen MR) is 114 cm³/mol. The SMILES string of the molecule is CN(C)CCC(=O)N1CC(=Cc2ccccc2)C(=O)C(=Cc2ccccc2)C1. The van der Waals surface area contributed by atoms with E-state index in [9.17, 15) is 9.59 Å². The molecule has 4 nitrogen and oxygen atoms in total. The average Bonchev–Trinajstić information content (AvgIpc) is 2.70. The Morgan fingerprint density at radius 2 is 1.36 bits per heavy atom. The number of rotatable bonds is 5. The van der Waals surface area contributed by atoms with E-state index in [0.717, 1.165) is 11.1 Å². The van der Waals surface area contributed by atoms with Crippen LogP contribution in [0.15, 0.2) is 71.8 Å². The number of hydrogen-bond acceptors (Lipinski definition) is 3. The topological polar surface area (TPSA) is 40.6 Å². The molecule has 1 fully saturated rings. The van der Waals surface area contributed by atoms with Gasteiger partial charge in [-0.25, -0.2) is 0 Å². The molecule has 0 atom stereocenters. The number of Topliss-reactive ketones (excluding diaryl/α,β-unsaturated/α-hetero) is 1. The lowest BCUT2D eigenvalue weighted by Gasteiger charge is -2.30. The van der Waals surface area contributed by atoms with Gasteiger partial charge in [-0.05, 0) is 37.4 Å². The predicted octanol–water partition coefficient (Wildman–Crippen LogP) is 3.52. The molecule has 3 rings (SSSR count). The van der Waals surface area contributed by atoms with E-state index in [0.29, 0.717) is 37.2 Å². The first-order valence-corrected chi connectivity index (χ1v) is 9.51. The summed E-state index contributed by atoms with van der Waals surface area (Å²) in [6.45, 7) is 1.40. The monoisotopic (exact) mass is 374 g/mol. The van der Waals surface area contributed by atoms with Gasteiger partial charge in [0.15, 0.2) is 5.78 Å². The van der Waals surface area contributed by atoms with Crippen LogP contribution in [0.5, 0.6) is 0 Å². The molecule has 28 heavy (non-hydrogen) atoms. The lowest BCUT2D eigenvalue weighted by Crippen LogP contribution is -2.42. The molecular formula is C24H26N2O2. The lowest BCUT2D eigenvalue weighted by molar-refractivity contribution is -0.131. The normalized spacial score (nSPS) is 17.5. The van der Waals surface area contributed by atoms with Crippen molar-refractivity contribution in [2.45, 2.75) is 6.42 Å². The van der Waals surface area contributed by atoms with Gasteiger partial charge < -0.3 is 9.80 Å². The van der Waals surface area contributed by atoms with Crippen LogP contribution in [0.25, 0.3) is 12.2 Å². The van der Waals surface area contributed by atoms with Crippen LogP contribution >= 0.6 is 0 Å². The first kappa shape index (κ1) is 19.8. The Morgan fingerprint density at radius 1 is 0.893 bits per heavy atom. The van der Waals surface area contributed by atoms with E-state index in [4.69, 9.17) is 0 Å². The van der Waals surface area contributed by atoms with Gasteiger partial charge in [-0.15, -0.1) is 0 Å². The number of benzene rings is 2. The van der Waals surface area contributed by atoms with E-state index in [-0.39, 0.29) is 11.7 Å². The number of carbonyl (C=O) groups is 2. The molecule has 0 aliphatic carbocycles. The molecular weight excluding hydrogens is 348 g/mol. The summed E-state index contributed by atoms with van der Waals surface area (Å²) in [7, 11) is 3.91. The van der Waals surface area contributed by atoms with Crippen LogP contribution in [0.3, 0.4) is 0 Å². The Kier molecular flexibility index (Phi) is 6.56. The van der Waals surface area contributed by atoms with Crippen molar-refractivity contribution in [2.75, 3.05) is 33.7 Å². The highest BCUT2D eigenvalue weighted by molar-refractivity contribution is 6.15. The maximum Gasteiger partial charge on any atom is 0.224 e. The van der Waals surface area contributed by atoms with Gasteiger partial charge in [0.1, 0.15) is 0 Å². The second-order valence-corrected chi connectivity index (χ2v) is 7.29. The minimum absolute atomic E-state index is 0.0179. The Balaban J connectivity index is 1.91. The third-order valence-electron chi connectivity index (χ3n) is 4.71. The van der Waals surface area contributed by atoms with Gasteiger partial charge in [0, 0.05) is 37.2 Å². The van der Waals surface area contributed by atoms with Gasteiger partial charge in [0.05, 0.1) is 0 Å². The number of likely N-dealkylation sites (tertiary alicyclic amines) is 1. The molecule has 0 bridgehead atoms. The van der Waals surface area contributed by atoms with Gasteiger partial charge in [-0.1, -0.05) is 60.7 Å². The van der Waals surface area contributed by atoms with Crippen LogP contribution in [0, 0.1) is 0 Å². The second kappa shape index (κ2) is 9.29. The molecule has 1 aliphatic rings. The van der Waals surface area contributed by atoms with Crippen molar-refractivity contribution in [1.29, 1.82) is 0 Å². The summed E-state index contributed by atoms with van der Waals surface area (Å²) in [6, 6.07) is 19.5. The van der Waals surface area contributed by atoms with E-state index >= 15 is 0 Å². The van der Waals surface area contributed by atoms with Gasteiger partial charge in [-0.3, -0.25) is 9.59 Å². The van der Waals surface area contributed by atoms with E-state index in [2.05, 4.69) is 0 Å². The van der Waals surface area contributed by atoms with E-state index in [1.807, 2.05) is 91.8 Å². The Morgan fingerprint density at radius 3 is 1.79 bits per heavy atom. The lowest BCUT2D eigenvalue weighted by atomic mass is 9.94. The molecule has 0 unspecified atom stereocenters.